The molecule has 1 N–H and O–H groups in total. The molecule has 132 valence electrons. The molecule has 2 aliphatic heterocycles. The molecule has 2 heterocycles. The van der Waals surface area contributed by atoms with Gasteiger partial charge < -0.3 is 19.7 Å². The number of nitrogens with zero attached hydrogens (tertiary/aromatic N) is 1. The number of para-hydroxylation sites is 1. The second kappa shape index (κ2) is 7.77. The van der Waals surface area contributed by atoms with E-state index >= 15 is 0 Å². The molecule has 4 nitrogen and oxygen atoms in total. The van der Waals surface area contributed by atoms with Crippen molar-refractivity contribution in [3.63, 3.8) is 0 Å². The van der Waals surface area contributed by atoms with Crippen LogP contribution >= 0.6 is 15.9 Å². The van der Waals surface area contributed by atoms with Gasteiger partial charge in [-0.1, -0.05) is 40.2 Å². The predicted molar refractivity (Wildman–Crippen MR) is 103 cm³/mol. The summed E-state index contributed by atoms with van der Waals surface area (Å²) in [4.78, 5) is 2.42. The maximum Gasteiger partial charge on any atom is 0.124 e. The molecule has 5 heteroatoms. The molecule has 1 saturated heterocycles. The van der Waals surface area contributed by atoms with Crippen molar-refractivity contribution in [1.82, 2.24) is 5.32 Å². The van der Waals surface area contributed by atoms with E-state index in [1.165, 1.54) is 16.8 Å². The smallest absolute Gasteiger partial charge is 0.124 e. The van der Waals surface area contributed by atoms with Gasteiger partial charge in [0.05, 0.1) is 19.8 Å². The highest BCUT2D eigenvalue weighted by molar-refractivity contribution is 9.10. The third-order valence-electron chi connectivity index (χ3n) is 4.90. The van der Waals surface area contributed by atoms with E-state index in [1.54, 1.807) is 0 Å². The summed E-state index contributed by atoms with van der Waals surface area (Å²) in [5.41, 5.74) is 3.89. The number of ether oxygens (including phenoxy) is 2. The van der Waals surface area contributed by atoms with Crippen LogP contribution in [0.1, 0.15) is 23.6 Å². The summed E-state index contributed by atoms with van der Waals surface area (Å²) >= 11 is 3.62. The molecule has 25 heavy (non-hydrogen) atoms. The Morgan fingerprint density at radius 3 is 2.80 bits per heavy atom. The molecule has 0 unspecified atom stereocenters. The number of hydrogen-bond acceptors (Lipinski definition) is 4. The first-order valence-corrected chi connectivity index (χ1v) is 9.67. The lowest BCUT2D eigenvalue weighted by Gasteiger charge is -2.32. The number of halogens is 1. The fraction of sp³-hybridized carbons (Fsp3) is 0.400. The monoisotopic (exact) mass is 402 g/mol. The van der Waals surface area contributed by atoms with Crippen LogP contribution in [0, 0.1) is 0 Å². The highest BCUT2D eigenvalue weighted by Crippen LogP contribution is 2.32. The molecule has 0 saturated carbocycles. The minimum Gasteiger partial charge on any atom is -0.493 e. The van der Waals surface area contributed by atoms with Crippen LogP contribution in [0.5, 0.6) is 5.75 Å². The van der Waals surface area contributed by atoms with E-state index in [-0.39, 0.29) is 0 Å². The molecule has 0 radical (unpaired) electrons. The van der Waals surface area contributed by atoms with Gasteiger partial charge in [-0.3, -0.25) is 0 Å². The first kappa shape index (κ1) is 16.9. The van der Waals surface area contributed by atoms with Gasteiger partial charge in [0, 0.05) is 47.8 Å². The van der Waals surface area contributed by atoms with Crippen LogP contribution in [-0.4, -0.2) is 32.9 Å². The van der Waals surface area contributed by atoms with E-state index < -0.39 is 0 Å². The lowest BCUT2D eigenvalue weighted by Crippen LogP contribution is -2.37. The highest BCUT2D eigenvalue weighted by atomic mass is 79.9. The number of benzene rings is 2. The third kappa shape index (κ3) is 3.84. The summed E-state index contributed by atoms with van der Waals surface area (Å²) in [6.07, 6.45) is 1.00. The number of fused-ring (bicyclic) bond motifs is 1. The molecular formula is C20H23BrN2O2. The van der Waals surface area contributed by atoms with Crippen LogP contribution in [0.25, 0.3) is 0 Å². The lowest BCUT2D eigenvalue weighted by atomic mass is 10.00. The van der Waals surface area contributed by atoms with Crippen molar-refractivity contribution in [3.05, 3.63) is 58.1 Å². The van der Waals surface area contributed by atoms with Crippen molar-refractivity contribution in [2.75, 3.05) is 37.8 Å². The Morgan fingerprint density at radius 1 is 1.08 bits per heavy atom. The van der Waals surface area contributed by atoms with Crippen LogP contribution < -0.4 is 15.0 Å². The van der Waals surface area contributed by atoms with Gasteiger partial charge in [-0.05, 0) is 23.8 Å². The maximum absolute atomic E-state index is 5.77. The molecule has 1 atom stereocenters. The third-order valence-corrected chi connectivity index (χ3v) is 5.39. The summed E-state index contributed by atoms with van der Waals surface area (Å²) in [7, 11) is 0. The number of anilines is 1. The van der Waals surface area contributed by atoms with E-state index in [4.69, 9.17) is 9.47 Å². The Kier molecular flexibility index (Phi) is 5.25. The molecule has 2 aromatic carbocycles. The molecule has 1 fully saturated rings. The van der Waals surface area contributed by atoms with Crippen LogP contribution in [0.15, 0.2) is 46.9 Å². The van der Waals surface area contributed by atoms with Gasteiger partial charge in [0.25, 0.3) is 0 Å². The molecule has 4 rings (SSSR count). The lowest BCUT2D eigenvalue weighted by molar-refractivity contribution is 0.122. The fourth-order valence-corrected chi connectivity index (χ4v) is 3.92. The van der Waals surface area contributed by atoms with E-state index in [9.17, 15) is 0 Å². The van der Waals surface area contributed by atoms with Gasteiger partial charge in [0.15, 0.2) is 0 Å². The van der Waals surface area contributed by atoms with Crippen molar-refractivity contribution < 1.29 is 9.47 Å². The maximum atomic E-state index is 5.77. The first-order valence-electron chi connectivity index (χ1n) is 8.87. The number of hydrogen-bond donors (Lipinski definition) is 1. The largest absolute Gasteiger partial charge is 0.493 e. The Morgan fingerprint density at radius 2 is 1.92 bits per heavy atom. The predicted octanol–water partition coefficient (Wildman–Crippen LogP) is 3.90. The van der Waals surface area contributed by atoms with Crippen molar-refractivity contribution in [3.8, 4) is 5.75 Å². The molecule has 0 bridgehead atoms. The van der Waals surface area contributed by atoms with E-state index in [0.717, 1.165) is 56.1 Å². The van der Waals surface area contributed by atoms with Gasteiger partial charge >= 0.3 is 0 Å². The van der Waals surface area contributed by atoms with Gasteiger partial charge in [-0.15, -0.1) is 0 Å². The minimum absolute atomic E-state index is 0.339. The van der Waals surface area contributed by atoms with Crippen molar-refractivity contribution in [2.24, 2.45) is 0 Å². The Hall–Kier alpha value is -1.56. The molecule has 0 aromatic heterocycles. The Bertz CT molecular complexity index is 731. The quantitative estimate of drug-likeness (QED) is 0.840. The molecular weight excluding hydrogens is 380 g/mol. The minimum atomic E-state index is 0.339. The number of rotatable bonds is 4. The molecule has 2 aliphatic rings. The zero-order chi connectivity index (χ0) is 17.1. The van der Waals surface area contributed by atoms with Gasteiger partial charge in [-0.2, -0.15) is 0 Å². The normalized spacial score (nSPS) is 20.0. The van der Waals surface area contributed by atoms with E-state index in [2.05, 4.69) is 62.5 Å². The molecule has 0 aliphatic carbocycles. The van der Waals surface area contributed by atoms with Gasteiger partial charge in [0.2, 0.25) is 0 Å². The summed E-state index contributed by atoms with van der Waals surface area (Å²) in [5, 5.41) is 3.74. The second-order valence-electron chi connectivity index (χ2n) is 6.48. The SMILES string of the molecule is Brc1ccc(CN[C@@H]2CCOc3ccccc32)c(N2CCOCC2)c1. The summed E-state index contributed by atoms with van der Waals surface area (Å²) in [6, 6.07) is 15.2. The summed E-state index contributed by atoms with van der Waals surface area (Å²) in [6.45, 7) is 5.11. The fourth-order valence-electron chi connectivity index (χ4n) is 3.57. The number of morpholine rings is 1. The molecule has 0 spiro atoms. The van der Waals surface area contributed by atoms with E-state index in [1.807, 2.05) is 6.07 Å². The van der Waals surface area contributed by atoms with Gasteiger partial charge in [0.1, 0.15) is 5.75 Å². The number of nitrogens with one attached hydrogen (secondary N) is 1. The van der Waals surface area contributed by atoms with Crippen LogP contribution in [0.3, 0.4) is 0 Å². The summed E-state index contributed by atoms with van der Waals surface area (Å²) in [5.74, 6) is 1.01. The average Bonchev–Trinajstić information content (AvgIpc) is 2.67. The van der Waals surface area contributed by atoms with Crippen molar-refractivity contribution in [1.29, 1.82) is 0 Å². The van der Waals surface area contributed by atoms with Crippen molar-refractivity contribution >= 4 is 21.6 Å². The van der Waals surface area contributed by atoms with Crippen LogP contribution in [0.4, 0.5) is 5.69 Å². The summed E-state index contributed by atoms with van der Waals surface area (Å²) < 4.78 is 12.4. The van der Waals surface area contributed by atoms with Crippen LogP contribution in [-0.2, 0) is 11.3 Å². The zero-order valence-electron chi connectivity index (χ0n) is 14.2. The standard InChI is InChI=1S/C20H23BrN2O2/c21-16-6-5-15(19(13-16)23-8-11-24-12-9-23)14-22-18-7-10-25-20-4-2-1-3-17(18)20/h1-6,13,18,22H,7-12,14H2/t18-/m1/s1. The van der Waals surface area contributed by atoms with E-state index in [0.29, 0.717) is 6.04 Å². The zero-order valence-corrected chi connectivity index (χ0v) is 15.8. The average molecular weight is 403 g/mol. The molecule has 2 aromatic rings. The Labute approximate surface area is 157 Å². The first-order chi connectivity index (χ1) is 12.3. The second-order valence-corrected chi connectivity index (χ2v) is 7.40. The topological polar surface area (TPSA) is 33.7 Å². The van der Waals surface area contributed by atoms with Crippen molar-refractivity contribution in [2.45, 2.75) is 19.0 Å². The highest BCUT2D eigenvalue weighted by Gasteiger charge is 2.21. The van der Waals surface area contributed by atoms with Crippen LogP contribution in [0.2, 0.25) is 0 Å². The molecule has 0 amide bonds. The van der Waals surface area contributed by atoms with Gasteiger partial charge in [-0.25, -0.2) is 0 Å². The Balaban J connectivity index is 1.52.